The molecular formula is C15H21N3O. The van der Waals surface area contributed by atoms with Crippen molar-refractivity contribution in [2.45, 2.75) is 26.7 Å². The van der Waals surface area contributed by atoms with Gasteiger partial charge in [0.25, 0.3) is 0 Å². The molecule has 4 nitrogen and oxygen atoms in total. The minimum absolute atomic E-state index is 0.410. The van der Waals surface area contributed by atoms with Crippen LogP contribution in [0, 0.1) is 6.92 Å². The Kier molecular flexibility index (Phi) is 3.79. The van der Waals surface area contributed by atoms with Crippen LogP contribution in [0.5, 0.6) is 5.75 Å². The molecule has 0 aliphatic carbocycles. The van der Waals surface area contributed by atoms with Gasteiger partial charge in [-0.3, -0.25) is 5.10 Å². The van der Waals surface area contributed by atoms with E-state index in [1.54, 1.807) is 7.11 Å². The predicted octanol–water partition coefficient (Wildman–Crippen LogP) is 3.56. The maximum atomic E-state index is 5.42. The topological polar surface area (TPSA) is 49.9 Å². The summed E-state index contributed by atoms with van der Waals surface area (Å²) in [5, 5.41) is 10.6. The Morgan fingerprint density at radius 3 is 2.63 bits per heavy atom. The van der Waals surface area contributed by atoms with Gasteiger partial charge in [-0.1, -0.05) is 13.8 Å². The van der Waals surface area contributed by atoms with Crippen molar-refractivity contribution >= 4 is 5.69 Å². The smallest absolute Gasteiger partial charge is 0.122 e. The van der Waals surface area contributed by atoms with E-state index in [2.05, 4.69) is 35.4 Å². The molecule has 0 saturated carbocycles. The zero-order valence-electron chi connectivity index (χ0n) is 12.2. The van der Waals surface area contributed by atoms with Crippen LogP contribution in [0.3, 0.4) is 0 Å². The molecule has 0 radical (unpaired) electrons. The number of aromatic amines is 1. The van der Waals surface area contributed by atoms with Gasteiger partial charge in [-0.15, -0.1) is 0 Å². The van der Waals surface area contributed by atoms with Crippen LogP contribution < -0.4 is 10.1 Å². The molecule has 0 bridgehead atoms. The summed E-state index contributed by atoms with van der Waals surface area (Å²) < 4.78 is 5.42. The Bertz CT molecular complexity index is 573. The zero-order valence-corrected chi connectivity index (χ0v) is 12.2. The lowest BCUT2D eigenvalue weighted by Crippen LogP contribution is -1.96. The number of methoxy groups -OCH3 is 1. The number of hydrogen-bond donors (Lipinski definition) is 2. The molecule has 0 amide bonds. The number of hydrogen-bond acceptors (Lipinski definition) is 3. The summed E-state index contributed by atoms with van der Waals surface area (Å²) in [6.07, 6.45) is 0. The Balaban J connectivity index is 2.54. The van der Waals surface area contributed by atoms with Gasteiger partial charge >= 0.3 is 0 Å². The largest absolute Gasteiger partial charge is 0.496 e. The van der Waals surface area contributed by atoms with Crippen LogP contribution in [-0.4, -0.2) is 24.4 Å². The standard InChI is InChI=1S/C15H21N3O/c1-9(2)12-8-11(6-7-13(12)19-5)15-14(16-4)10(3)17-18-15/h6-9,16H,1-5H3,(H,17,18). The van der Waals surface area contributed by atoms with Gasteiger partial charge in [-0.25, -0.2) is 0 Å². The maximum Gasteiger partial charge on any atom is 0.122 e. The third-order valence-electron chi connectivity index (χ3n) is 3.32. The van der Waals surface area contributed by atoms with E-state index in [-0.39, 0.29) is 0 Å². The van der Waals surface area contributed by atoms with E-state index in [1.165, 1.54) is 5.56 Å². The summed E-state index contributed by atoms with van der Waals surface area (Å²) in [5.74, 6) is 1.34. The van der Waals surface area contributed by atoms with Crippen LogP contribution in [-0.2, 0) is 0 Å². The van der Waals surface area contributed by atoms with Crippen molar-refractivity contribution in [2.75, 3.05) is 19.5 Å². The molecule has 0 unspecified atom stereocenters. The van der Waals surface area contributed by atoms with Crippen molar-refractivity contribution in [1.29, 1.82) is 0 Å². The molecule has 0 atom stereocenters. The number of aromatic nitrogens is 2. The van der Waals surface area contributed by atoms with E-state index in [0.717, 1.165) is 28.4 Å². The Morgan fingerprint density at radius 1 is 1.32 bits per heavy atom. The van der Waals surface area contributed by atoms with Gasteiger partial charge in [0.05, 0.1) is 18.5 Å². The molecule has 1 aromatic carbocycles. The normalized spacial score (nSPS) is 10.8. The second-order valence-electron chi connectivity index (χ2n) is 4.93. The SMILES string of the molecule is CNc1c(-c2ccc(OC)c(C(C)C)c2)n[nH]c1C. The first-order valence-corrected chi connectivity index (χ1v) is 6.49. The first-order chi connectivity index (χ1) is 9.08. The van der Waals surface area contributed by atoms with Crippen molar-refractivity contribution in [1.82, 2.24) is 10.2 Å². The average Bonchev–Trinajstić information content (AvgIpc) is 2.78. The molecule has 1 heterocycles. The van der Waals surface area contributed by atoms with Gasteiger partial charge in [0.2, 0.25) is 0 Å². The number of nitrogens with one attached hydrogen (secondary N) is 2. The average molecular weight is 259 g/mol. The summed E-state index contributed by atoms with van der Waals surface area (Å²) in [7, 11) is 3.62. The number of aryl methyl sites for hydroxylation is 1. The van der Waals surface area contributed by atoms with E-state index < -0.39 is 0 Å². The zero-order chi connectivity index (χ0) is 14.0. The Hall–Kier alpha value is -1.97. The highest BCUT2D eigenvalue weighted by Gasteiger charge is 2.14. The van der Waals surface area contributed by atoms with Gasteiger partial charge in [0.1, 0.15) is 11.4 Å². The molecular weight excluding hydrogens is 238 g/mol. The van der Waals surface area contributed by atoms with Crippen molar-refractivity contribution in [3.05, 3.63) is 29.5 Å². The van der Waals surface area contributed by atoms with Gasteiger partial charge in [0.15, 0.2) is 0 Å². The lowest BCUT2D eigenvalue weighted by molar-refractivity contribution is 0.407. The molecule has 0 aliphatic rings. The van der Waals surface area contributed by atoms with E-state index in [0.29, 0.717) is 5.92 Å². The fourth-order valence-electron chi connectivity index (χ4n) is 2.28. The van der Waals surface area contributed by atoms with Gasteiger partial charge in [0, 0.05) is 12.6 Å². The fourth-order valence-corrected chi connectivity index (χ4v) is 2.28. The number of anilines is 1. The van der Waals surface area contributed by atoms with E-state index in [1.807, 2.05) is 26.1 Å². The Morgan fingerprint density at radius 2 is 2.05 bits per heavy atom. The van der Waals surface area contributed by atoms with Gasteiger partial charge in [-0.2, -0.15) is 5.10 Å². The molecule has 2 aromatic rings. The van der Waals surface area contributed by atoms with Crippen LogP contribution in [0.1, 0.15) is 31.0 Å². The van der Waals surface area contributed by atoms with Crippen molar-refractivity contribution < 1.29 is 4.74 Å². The van der Waals surface area contributed by atoms with E-state index in [9.17, 15) is 0 Å². The molecule has 0 spiro atoms. The fraction of sp³-hybridized carbons (Fsp3) is 0.400. The molecule has 0 saturated heterocycles. The predicted molar refractivity (Wildman–Crippen MR) is 78.9 cm³/mol. The maximum absolute atomic E-state index is 5.42. The van der Waals surface area contributed by atoms with Crippen molar-refractivity contribution in [3.63, 3.8) is 0 Å². The Labute approximate surface area is 114 Å². The number of rotatable bonds is 4. The lowest BCUT2D eigenvalue weighted by atomic mass is 9.98. The van der Waals surface area contributed by atoms with Crippen LogP contribution in [0.25, 0.3) is 11.3 Å². The molecule has 102 valence electrons. The first-order valence-electron chi connectivity index (χ1n) is 6.49. The van der Waals surface area contributed by atoms with Gasteiger partial charge in [-0.05, 0) is 36.6 Å². The highest BCUT2D eigenvalue weighted by molar-refractivity contribution is 5.76. The van der Waals surface area contributed by atoms with E-state index in [4.69, 9.17) is 4.74 Å². The number of H-pyrrole nitrogens is 1. The third kappa shape index (κ3) is 2.43. The minimum atomic E-state index is 0.410. The van der Waals surface area contributed by atoms with Crippen LogP contribution >= 0.6 is 0 Å². The second kappa shape index (κ2) is 5.34. The lowest BCUT2D eigenvalue weighted by Gasteiger charge is -2.13. The number of nitrogens with zero attached hydrogens (tertiary/aromatic N) is 1. The quantitative estimate of drug-likeness (QED) is 0.882. The highest BCUT2D eigenvalue weighted by Crippen LogP contribution is 2.34. The van der Waals surface area contributed by atoms with Crippen LogP contribution in [0.15, 0.2) is 18.2 Å². The summed E-state index contributed by atoms with van der Waals surface area (Å²) in [6.45, 7) is 6.34. The van der Waals surface area contributed by atoms with E-state index >= 15 is 0 Å². The summed E-state index contributed by atoms with van der Waals surface area (Å²) >= 11 is 0. The molecule has 2 rings (SSSR count). The molecule has 0 fully saturated rings. The second-order valence-corrected chi connectivity index (χ2v) is 4.93. The van der Waals surface area contributed by atoms with Crippen molar-refractivity contribution in [2.24, 2.45) is 0 Å². The molecule has 4 heteroatoms. The summed E-state index contributed by atoms with van der Waals surface area (Å²) in [4.78, 5) is 0. The molecule has 2 N–H and O–H groups in total. The van der Waals surface area contributed by atoms with Crippen LogP contribution in [0.4, 0.5) is 5.69 Å². The monoisotopic (exact) mass is 259 g/mol. The summed E-state index contributed by atoms with van der Waals surface area (Å²) in [6, 6.07) is 6.20. The number of benzene rings is 1. The van der Waals surface area contributed by atoms with Gasteiger partial charge < -0.3 is 10.1 Å². The van der Waals surface area contributed by atoms with Crippen molar-refractivity contribution in [3.8, 4) is 17.0 Å². The molecule has 1 aromatic heterocycles. The molecule has 19 heavy (non-hydrogen) atoms. The minimum Gasteiger partial charge on any atom is -0.496 e. The summed E-state index contributed by atoms with van der Waals surface area (Å²) in [5.41, 5.74) is 5.32. The molecule has 0 aliphatic heterocycles. The number of ether oxygens (including phenoxy) is 1. The highest BCUT2D eigenvalue weighted by atomic mass is 16.5. The third-order valence-corrected chi connectivity index (χ3v) is 3.32. The first kappa shape index (κ1) is 13.5. The van der Waals surface area contributed by atoms with Crippen LogP contribution in [0.2, 0.25) is 0 Å².